The lowest BCUT2D eigenvalue weighted by Gasteiger charge is -2.19. The molecule has 0 saturated heterocycles. The first-order chi connectivity index (χ1) is 9.32. The maximum absolute atomic E-state index is 12.4. The molecule has 0 heterocycles. The number of nitrogens with zero attached hydrogens (tertiary/aromatic N) is 1. The minimum Gasteiger partial charge on any atom is -0.389 e. The van der Waals surface area contributed by atoms with E-state index in [1.165, 1.54) is 19.2 Å². The van der Waals surface area contributed by atoms with E-state index in [1.807, 2.05) is 0 Å². The fourth-order valence-electron chi connectivity index (χ4n) is 1.67. The van der Waals surface area contributed by atoms with Crippen molar-refractivity contribution in [2.24, 2.45) is 0 Å². The van der Waals surface area contributed by atoms with Gasteiger partial charge in [0, 0.05) is 13.6 Å². The minimum atomic E-state index is -3.71. The number of sulfonamides is 1. The van der Waals surface area contributed by atoms with Crippen molar-refractivity contribution in [2.75, 3.05) is 20.1 Å². The molecule has 0 fully saturated rings. The van der Waals surface area contributed by atoms with Gasteiger partial charge in [-0.3, -0.25) is 4.79 Å². The molecule has 1 aromatic rings. The molecular formula is C13H20N2O4S. The van der Waals surface area contributed by atoms with Gasteiger partial charge in [-0.05, 0) is 24.6 Å². The normalized spacial score (nSPS) is 13.2. The Labute approximate surface area is 119 Å². The van der Waals surface area contributed by atoms with Crippen molar-refractivity contribution in [3.8, 4) is 0 Å². The molecule has 0 aromatic heterocycles. The standard InChI is InChI=1S/C13H20N2O4S/c1-4-15(9-13(17)14-3)20(18,19)12-7-5-11(6-8-12)10(2)16/h5-8,10,16H,4,9H2,1-3H3,(H,14,17). The van der Waals surface area contributed by atoms with E-state index < -0.39 is 16.1 Å². The molecule has 1 aromatic carbocycles. The largest absolute Gasteiger partial charge is 0.389 e. The van der Waals surface area contributed by atoms with Crippen LogP contribution in [0.25, 0.3) is 0 Å². The number of aliphatic hydroxyl groups is 1. The van der Waals surface area contributed by atoms with Gasteiger partial charge in [0.15, 0.2) is 0 Å². The topological polar surface area (TPSA) is 86.7 Å². The highest BCUT2D eigenvalue weighted by atomic mass is 32.2. The number of carbonyl (C=O) groups is 1. The van der Waals surface area contributed by atoms with Crippen LogP contribution in [0.2, 0.25) is 0 Å². The second-order valence-corrected chi connectivity index (χ2v) is 6.29. The van der Waals surface area contributed by atoms with E-state index in [2.05, 4.69) is 5.32 Å². The molecule has 112 valence electrons. The Balaban J connectivity index is 3.04. The van der Waals surface area contributed by atoms with Crippen LogP contribution in [-0.4, -0.2) is 43.9 Å². The summed E-state index contributed by atoms with van der Waals surface area (Å²) in [7, 11) is -2.25. The summed E-state index contributed by atoms with van der Waals surface area (Å²) in [6.45, 7) is 3.26. The second kappa shape index (κ2) is 6.83. The lowest BCUT2D eigenvalue weighted by atomic mass is 10.1. The Morgan fingerprint density at radius 1 is 1.35 bits per heavy atom. The zero-order chi connectivity index (χ0) is 15.3. The number of nitrogens with one attached hydrogen (secondary N) is 1. The molecule has 2 N–H and O–H groups in total. The predicted molar refractivity (Wildman–Crippen MR) is 75.6 cm³/mol. The molecule has 0 radical (unpaired) electrons. The number of rotatable bonds is 6. The molecule has 0 spiro atoms. The summed E-state index contributed by atoms with van der Waals surface area (Å²) < 4.78 is 25.9. The zero-order valence-corrected chi connectivity index (χ0v) is 12.6. The third-order valence-electron chi connectivity index (χ3n) is 2.95. The first-order valence-electron chi connectivity index (χ1n) is 6.31. The van der Waals surface area contributed by atoms with Gasteiger partial charge in [-0.25, -0.2) is 8.42 Å². The van der Waals surface area contributed by atoms with E-state index in [0.717, 1.165) is 4.31 Å². The molecular weight excluding hydrogens is 280 g/mol. The van der Waals surface area contributed by atoms with E-state index in [-0.39, 0.29) is 23.9 Å². The first-order valence-corrected chi connectivity index (χ1v) is 7.75. The maximum atomic E-state index is 12.4. The number of amides is 1. The van der Waals surface area contributed by atoms with Gasteiger partial charge in [-0.2, -0.15) is 4.31 Å². The Kier molecular flexibility index (Phi) is 5.67. The fourth-order valence-corrected chi connectivity index (χ4v) is 3.08. The number of aliphatic hydroxyl groups excluding tert-OH is 1. The molecule has 1 amide bonds. The van der Waals surface area contributed by atoms with Crippen molar-refractivity contribution in [3.05, 3.63) is 29.8 Å². The smallest absolute Gasteiger partial charge is 0.243 e. The molecule has 0 bridgehead atoms. The molecule has 1 atom stereocenters. The second-order valence-electron chi connectivity index (χ2n) is 4.35. The predicted octanol–water partition coefficient (Wildman–Crippen LogP) is 0.497. The van der Waals surface area contributed by atoms with E-state index >= 15 is 0 Å². The zero-order valence-electron chi connectivity index (χ0n) is 11.8. The molecule has 20 heavy (non-hydrogen) atoms. The summed E-state index contributed by atoms with van der Waals surface area (Å²) in [5, 5.41) is 11.8. The van der Waals surface area contributed by atoms with Crippen molar-refractivity contribution in [1.82, 2.24) is 9.62 Å². The van der Waals surface area contributed by atoms with Gasteiger partial charge in [0.2, 0.25) is 15.9 Å². The van der Waals surface area contributed by atoms with Crippen LogP contribution in [0.5, 0.6) is 0 Å². The lowest BCUT2D eigenvalue weighted by molar-refractivity contribution is -0.120. The van der Waals surface area contributed by atoms with Gasteiger partial charge >= 0.3 is 0 Å². The van der Waals surface area contributed by atoms with Crippen molar-refractivity contribution in [1.29, 1.82) is 0 Å². The Bertz CT molecular complexity index is 552. The van der Waals surface area contributed by atoms with E-state index in [9.17, 15) is 18.3 Å². The first kappa shape index (κ1) is 16.6. The fraction of sp³-hybridized carbons (Fsp3) is 0.462. The summed E-state index contributed by atoms with van der Waals surface area (Å²) in [6.07, 6.45) is -0.653. The maximum Gasteiger partial charge on any atom is 0.243 e. The van der Waals surface area contributed by atoms with Gasteiger partial charge in [0.25, 0.3) is 0 Å². The van der Waals surface area contributed by atoms with Gasteiger partial charge in [-0.15, -0.1) is 0 Å². The van der Waals surface area contributed by atoms with Crippen molar-refractivity contribution in [3.63, 3.8) is 0 Å². The Morgan fingerprint density at radius 2 is 1.90 bits per heavy atom. The van der Waals surface area contributed by atoms with Gasteiger partial charge in [0.05, 0.1) is 17.5 Å². The molecule has 1 unspecified atom stereocenters. The van der Waals surface area contributed by atoms with Crippen molar-refractivity contribution in [2.45, 2.75) is 24.8 Å². The van der Waals surface area contributed by atoms with Crippen LogP contribution in [0.1, 0.15) is 25.5 Å². The van der Waals surface area contributed by atoms with Crippen molar-refractivity contribution >= 4 is 15.9 Å². The summed E-state index contributed by atoms with van der Waals surface area (Å²) in [4.78, 5) is 11.5. The highest BCUT2D eigenvalue weighted by Crippen LogP contribution is 2.19. The molecule has 0 saturated carbocycles. The van der Waals surface area contributed by atoms with Crippen LogP contribution < -0.4 is 5.32 Å². The van der Waals surface area contributed by atoms with Gasteiger partial charge in [0.1, 0.15) is 0 Å². The lowest BCUT2D eigenvalue weighted by Crippen LogP contribution is -2.39. The SMILES string of the molecule is CCN(CC(=O)NC)S(=O)(=O)c1ccc(C(C)O)cc1. The van der Waals surface area contributed by atoms with Gasteiger partial charge in [-0.1, -0.05) is 19.1 Å². The van der Waals surface area contributed by atoms with Crippen LogP contribution in [0.3, 0.4) is 0 Å². The van der Waals surface area contributed by atoms with Gasteiger partial charge < -0.3 is 10.4 Å². The van der Waals surface area contributed by atoms with Crippen LogP contribution >= 0.6 is 0 Å². The highest BCUT2D eigenvalue weighted by Gasteiger charge is 2.24. The quantitative estimate of drug-likeness (QED) is 0.801. The average Bonchev–Trinajstić information content (AvgIpc) is 2.44. The molecule has 0 aliphatic rings. The average molecular weight is 300 g/mol. The Morgan fingerprint density at radius 3 is 2.30 bits per heavy atom. The third-order valence-corrected chi connectivity index (χ3v) is 4.89. The number of hydrogen-bond acceptors (Lipinski definition) is 4. The molecule has 7 heteroatoms. The summed E-state index contributed by atoms with van der Waals surface area (Å²) in [5.74, 6) is -0.365. The molecule has 0 aliphatic carbocycles. The number of carbonyl (C=O) groups excluding carboxylic acids is 1. The van der Waals surface area contributed by atoms with Crippen LogP contribution in [0.4, 0.5) is 0 Å². The summed E-state index contributed by atoms with van der Waals surface area (Å²) in [5.41, 5.74) is 0.637. The number of likely N-dealkylation sites (N-methyl/N-ethyl adjacent to an activating group) is 2. The summed E-state index contributed by atoms with van der Waals surface area (Å²) in [6, 6.07) is 5.99. The summed E-state index contributed by atoms with van der Waals surface area (Å²) >= 11 is 0. The third kappa shape index (κ3) is 3.78. The van der Waals surface area contributed by atoms with Crippen LogP contribution in [0, 0.1) is 0 Å². The van der Waals surface area contributed by atoms with E-state index in [0.29, 0.717) is 5.56 Å². The van der Waals surface area contributed by atoms with Crippen LogP contribution in [0.15, 0.2) is 29.2 Å². The minimum absolute atomic E-state index is 0.104. The molecule has 1 rings (SSSR count). The molecule has 0 aliphatic heterocycles. The number of benzene rings is 1. The Hall–Kier alpha value is -1.44. The monoisotopic (exact) mass is 300 g/mol. The van der Waals surface area contributed by atoms with E-state index in [4.69, 9.17) is 0 Å². The van der Waals surface area contributed by atoms with E-state index in [1.54, 1.807) is 26.0 Å². The highest BCUT2D eigenvalue weighted by molar-refractivity contribution is 7.89. The molecule has 6 nitrogen and oxygen atoms in total. The van der Waals surface area contributed by atoms with Crippen LogP contribution in [-0.2, 0) is 14.8 Å². The van der Waals surface area contributed by atoms with Crippen molar-refractivity contribution < 1.29 is 18.3 Å². The number of hydrogen-bond donors (Lipinski definition) is 2.